The van der Waals surface area contributed by atoms with E-state index in [9.17, 15) is 9.59 Å². The van der Waals surface area contributed by atoms with Crippen LogP contribution in [0.25, 0.3) is 0 Å². The van der Waals surface area contributed by atoms with Crippen molar-refractivity contribution in [2.45, 2.75) is 13.5 Å². The number of nitrogens with one attached hydrogen (secondary N) is 1. The molecule has 1 N–H and O–H groups in total. The molecule has 0 saturated heterocycles. The maximum absolute atomic E-state index is 11.8. The highest BCUT2D eigenvalue weighted by atomic mass is 35.5. The number of hydrazone groups is 1. The molecule has 114 valence electrons. The lowest BCUT2D eigenvalue weighted by Gasteiger charge is -2.06. The van der Waals surface area contributed by atoms with Crippen LogP contribution in [0.2, 0.25) is 10.0 Å². The summed E-state index contributed by atoms with van der Waals surface area (Å²) < 4.78 is 1.28. The van der Waals surface area contributed by atoms with Crippen LogP contribution in [-0.4, -0.2) is 16.2 Å². The fourth-order valence-corrected chi connectivity index (χ4v) is 2.19. The molecule has 0 unspecified atom stereocenters. The summed E-state index contributed by atoms with van der Waals surface area (Å²) in [4.78, 5) is 23.3. The lowest BCUT2D eigenvalue weighted by molar-refractivity contribution is -0.121. The van der Waals surface area contributed by atoms with Crippen molar-refractivity contribution in [3.8, 4) is 0 Å². The van der Waals surface area contributed by atoms with E-state index in [1.54, 1.807) is 37.3 Å². The Morgan fingerprint density at radius 3 is 2.77 bits per heavy atom. The van der Waals surface area contributed by atoms with Gasteiger partial charge in [0, 0.05) is 27.9 Å². The minimum Gasteiger partial charge on any atom is -0.306 e. The van der Waals surface area contributed by atoms with E-state index in [4.69, 9.17) is 23.2 Å². The molecule has 0 aliphatic rings. The van der Waals surface area contributed by atoms with Gasteiger partial charge in [0.15, 0.2) is 0 Å². The molecule has 1 aromatic heterocycles. The van der Waals surface area contributed by atoms with E-state index in [-0.39, 0.29) is 12.1 Å². The van der Waals surface area contributed by atoms with Gasteiger partial charge in [0.2, 0.25) is 0 Å². The van der Waals surface area contributed by atoms with Gasteiger partial charge in [-0.2, -0.15) is 5.10 Å². The van der Waals surface area contributed by atoms with E-state index >= 15 is 0 Å². The molecular weight excluding hydrogens is 325 g/mol. The molecule has 2 rings (SSSR count). The summed E-state index contributed by atoms with van der Waals surface area (Å²) >= 11 is 12.0. The Bertz CT molecular complexity index is 784. The van der Waals surface area contributed by atoms with Crippen LogP contribution in [-0.2, 0) is 11.3 Å². The first-order valence-electron chi connectivity index (χ1n) is 6.41. The standard InChI is InChI=1S/C15H13Cl2N3O2/c1-10(12-8-11(16)5-6-13(12)17)18-19-14(21)9-20-7-3-2-4-15(20)22/h2-8H,9H2,1H3,(H,19,21)/b18-10-. The Morgan fingerprint density at radius 2 is 2.05 bits per heavy atom. The first-order chi connectivity index (χ1) is 10.5. The number of amides is 1. The van der Waals surface area contributed by atoms with Crippen molar-refractivity contribution in [3.63, 3.8) is 0 Å². The van der Waals surface area contributed by atoms with Crippen LogP contribution < -0.4 is 11.0 Å². The number of carbonyl (C=O) groups excluding carboxylic acids is 1. The average Bonchev–Trinajstić information content (AvgIpc) is 2.49. The second-order valence-corrected chi connectivity index (χ2v) is 5.37. The zero-order valence-electron chi connectivity index (χ0n) is 11.7. The van der Waals surface area contributed by atoms with Crippen LogP contribution in [0.4, 0.5) is 0 Å². The van der Waals surface area contributed by atoms with E-state index in [2.05, 4.69) is 10.5 Å². The smallest absolute Gasteiger partial charge is 0.260 e. The van der Waals surface area contributed by atoms with Gasteiger partial charge < -0.3 is 4.57 Å². The number of pyridine rings is 1. The number of hydrogen-bond donors (Lipinski definition) is 1. The molecule has 1 aromatic carbocycles. The number of nitrogens with zero attached hydrogens (tertiary/aromatic N) is 2. The lowest BCUT2D eigenvalue weighted by atomic mass is 10.1. The summed E-state index contributed by atoms with van der Waals surface area (Å²) in [6, 6.07) is 9.66. The predicted molar refractivity (Wildman–Crippen MR) is 87.5 cm³/mol. The fourth-order valence-electron chi connectivity index (χ4n) is 1.76. The van der Waals surface area contributed by atoms with Crippen molar-refractivity contribution >= 4 is 34.8 Å². The molecule has 7 heteroatoms. The second kappa shape index (κ2) is 7.24. The van der Waals surface area contributed by atoms with Crippen molar-refractivity contribution < 1.29 is 4.79 Å². The molecule has 5 nitrogen and oxygen atoms in total. The SMILES string of the molecule is C/C(=N/NC(=O)Cn1ccccc1=O)c1cc(Cl)ccc1Cl. The number of rotatable bonds is 4. The summed E-state index contributed by atoms with van der Waals surface area (Å²) in [5.41, 5.74) is 3.28. The van der Waals surface area contributed by atoms with Crippen molar-refractivity contribution in [3.05, 3.63) is 68.6 Å². The minimum absolute atomic E-state index is 0.111. The third kappa shape index (κ3) is 4.19. The molecule has 0 saturated carbocycles. The van der Waals surface area contributed by atoms with Crippen molar-refractivity contribution in [2.24, 2.45) is 5.10 Å². The molecule has 0 spiro atoms. The average molecular weight is 338 g/mol. The third-order valence-corrected chi connectivity index (χ3v) is 3.44. The van der Waals surface area contributed by atoms with Gasteiger partial charge >= 0.3 is 0 Å². The monoisotopic (exact) mass is 337 g/mol. The molecule has 1 amide bonds. The molecule has 0 aliphatic carbocycles. The van der Waals surface area contributed by atoms with E-state index in [1.165, 1.54) is 16.8 Å². The highest BCUT2D eigenvalue weighted by Crippen LogP contribution is 2.21. The van der Waals surface area contributed by atoms with Gasteiger partial charge in [-0.1, -0.05) is 29.3 Å². The van der Waals surface area contributed by atoms with Crippen LogP contribution in [0.5, 0.6) is 0 Å². The number of hydrogen-bond acceptors (Lipinski definition) is 3. The number of halogens is 2. The third-order valence-electron chi connectivity index (χ3n) is 2.88. The zero-order chi connectivity index (χ0) is 16.1. The van der Waals surface area contributed by atoms with Crippen LogP contribution in [0, 0.1) is 0 Å². The topological polar surface area (TPSA) is 63.5 Å². The zero-order valence-corrected chi connectivity index (χ0v) is 13.2. The Hall–Kier alpha value is -2.11. The van der Waals surface area contributed by atoms with Gasteiger partial charge in [0.25, 0.3) is 11.5 Å². The molecule has 0 fully saturated rings. The normalized spacial score (nSPS) is 11.3. The molecule has 2 aromatic rings. The van der Waals surface area contributed by atoms with E-state index in [0.29, 0.717) is 21.3 Å². The highest BCUT2D eigenvalue weighted by Gasteiger charge is 2.07. The van der Waals surface area contributed by atoms with Gasteiger partial charge in [-0.15, -0.1) is 0 Å². The molecule has 0 atom stereocenters. The molecule has 0 aliphatic heterocycles. The molecular formula is C15H13Cl2N3O2. The lowest BCUT2D eigenvalue weighted by Crippen LogP contribution is -2.29. The molecule has 0 radical (unpaired) electrons. The van der Waals surface area contributed by atoms with Gasteiger partial charge in [0.1, 0.15) is 6.54 Å². The van der Waals surface area contributed by atoms with Gasteiger partial charge in [-0.25, -0.2) is 5.43 Å². The van der Waals surface area contributed by atoms with Gasteiger partial charge in [-0.3, -0.25) is 9.59 Å². The number of aromatic nitrogens is 1. The van der Waals surface area contributed by atoms with Crippen LogP contribution in [0.15, 0.2) is 52.5 Å². The fraction of sp³-hybridized carbons (Fsp3) is 0.133. The summed E-state index contributed by atoms with van der Waals surface area (Å²) in [5.74, 6) is -0.411. The predicted octanol–water partition coefficient (Wildman–Crippen LogP) is 2.70. The Balaban J connectivity index is 2.07. The van der Waals surface area contributed by atoms with Gasteiger partial charge in [0.05, 0.1) is 5.71 Å². The summed E-state index contributed by atoms with van der Waals surface area (Å²) in [6.45, 7) is 1.59. The quantitative estimate of drug-likeness (QED) is 0.688. The first-order valence-corrected chi connectivity index (χ1v) is 7.17. The Kier molecular flexibility index (Phi) is 5.35. The molecule has 0 bridgehead atoms. The first kappa shape index (κ1) is 16.3. The number of carbonyl (C=O) groups is 1. The van der Waals surface area contributed by atoms with Crippen molar-refractivity contribution in [1.82, 2.24) is 9.99 Å². The Labute approximate surface area is 137 Å². The van der Waals surface area contributed by atoms with E-state index in [1.807, 2.05) is 0 Å². The van der Waals surface area contributed by atoms with E-state index < -0.39 is 5.91 Å². The summed E-state index contributed by atoms with van der Waals surface area (Å²) in [6.07, 6.45) is 1.53. The molecule has 22 heavy (non-hydrogen) atoms. The van der Waals surface area contributed by atoms with Crippen molar-refractivity contribution in [1.29, 1.82) is 0 Å². The minimum atomic E-state index is -0.411. The summed E-state index contributed by atoms with van der Waals surface area (Å²) in [5, 5.41) is 4.99. The Morgan fingerprint density at radius 1 is 1.27 bits per heavy atom. The van der Waals surface area contributed by atoms with Crippen LogP contribution >= 0.6 is 23.2 Å². The van der Waals surface area contributed by atoms with Crippen LogP contribution in [0.3, 0.4) is 0 Å². The second-order valence-electron chi connectivity index (χ2n) is 4.52. The highest BCUT2D eigenvalue weighted by molar-refractivity contribution is 6.36. The maximum atomic E-state index is 11.8. The van der Waals surface area contributed by atoms with E-state index in [0.717, 1.165) is 0 Å². The maximum Gasteiger partial charge on any atom is 0.260 e. The van der Waals surface area contributed by atoms with Crippen LogP contribution in [0.1, 0.15) is 12.5 Å². The number of benzene rings is 1. The summed E-state index contributed by atoms with van der Waals surface area (Å²) in [7, 11) is 0. The van der Waals surface area contributed by atoms with Crippen molar-refractivity contribution in [2.75, 3.05) is 0 Å². The van der Waals surface area contributed by atoms with Gasteiger partial charge in [-0.05, 0) is 31.2 Å². The molecule has 1 heterocycles. The largest absolute Gasteiger partial charge is 0.306 e.